The SMILES string of the molecule is CCC(C)COc1cc(-c2ccc3c(c2)C(C)(C)c2cc(C)ccc2-3)c(OC)cc1C.CNc1ccc(C)cc1.Cc1cc(C)c(C)s1.Cc1ccc(C)[nH]1.Cc1ccc(C)cc1.Cc1sc(C)c(C)c1C.Cc1sc(C)c2c1OCCO2.Cc1sc(C)c2ccccc12.[C-]#[N+]/C(=C\c1cc(OC)c(C)cc1OCC(C)CC)c1cc(OCC(C)CC)c(/C(C#N)=C/C)cc1OC. The molecule has 0 amide bonds. The Morgan fingerprint density at radius 1 is 0.470 bits per heavy atom. The van der Waals surface area contributed by atoms with Crippen molar-refractivity contribution in [3.8, 4) is 74.3 Å². The Morgan fingerprint density at radius 3 is 1.34 bits per heavy atom. The molecule has 6 heterocycles. The highest BCUT2D eigenvalue weighted by molar-refractivity contribution is 7.14. The maximum atomic E-state index is 9.72. The van der Waals surface area contributed by atoms with Crippen molar-refractivity contribution in [3.63, 3.8) is 0 Å². The summed E-state index contributed by atoms with van der Waals surface area (Å²) in [6, 6.07) is 59.3. The van der Waals surface area contributed by atoms with Crippen LogP contribution in [0.1, 0.15) is 210 Å². The Labute approximate surface area is 808 Å². The molecule has 0 fully saturated rings. The largest absolute Gasteiger partial charge is 0.497 e. The highest BCUT2D eigenvalue weighted by Gasteiger charge is 2.36. The van der Waals surface area contributed by atoms with Crippen molar-refractivity contribution in [1.29, 1.82) is 5.26 Å². The molecule has 132 heavy (non-hydrogen) atoms. The zero-order chi connectivity index (χ0) is 97.4. The number of thiophene rings is 4. The topological polar surface area (TPSA) is 130 Å². The van der Waals surface area contributed by atoms with Crippen LogP contribution >= 0.6 is 45.3 Å². The lowest BCUT2D eigenvalue weighted by Crippen LogP contribution is -2.15. The van der Waals surface area contributed by atoms with Crippen LogP contribution in [0.5, 0.6) is 46.0 Å². The van der Waals surface area contributed by atoms with Crippen LogP contribution in [0.15, 0.2) is 170 Å². The number of hydrogen-bond donors (Lipinski definition) is 2. The molecular formula is C116H146N4O8S4. The summed E-state index contributed by atoms with van der Waals surface area (Å²) < 4.78 is 46.5. The molecule has 0 radical (unpaired) electrons. The first-order chi connectivity index (χ1) is 62.8. The third-order valence-corrected chi connectivity index (χ3v) is 28.3. The number of H-pyrrole nitrogens is 1. The molecule has 16 heteroatoms. The van der Waals surface area contributed by atoms with E-state index >= 15 is 0 Å². The number of anilines is 1. The Kier molecular flexibility index (Phi) is 42.7. The van der Waals surface area contributed by atoms with Gasteiger partial charge in [-0.3, -0.25) is 0 Å². The molecule has 3 atom stereocenters. The average molecular weight is 1850 g/mol. The van der Waals surface area contributed by atoms with Crippen LogP contribution in [0.3, 0.4) is 0 Å². The summed E-state index contributed by atoms with van der Waals surface area (Å²) in [5, 5.41) is 15.6. The molecule has 1 aliphatic heterocycles. The average Bonchev–Trinajstić information content (AvgIpc) is 1.58. The Morgan fingerprint density at radius 2 is 0.917 bits per heavy atom. The van der Waals surface area contributed by atoms with Gasteiger partial charge in [0, 0.05) is 90.8 Å². The van der Waals surface area contributed by atoms with E-state index in [9.17, 15) is 5.26 Å². The van der Waals surface area contributed by atoms with Crippen LogP contribution in [-0.2, 0) is 5.41 Å². The fraction of sp³-hybridized carbons (Fsp3) is 0.379. The summed E-state index contributed by atoms with van der Waals surface area (Å²) in [7, 11) is 6.85. The number of aromatic amines is 1. The van der Waals surface area contributed by atoms with Crippen LogP contribution in [-0.4, -0.2) is 66.4 Å². The molecule has 2 N–H and O–H groups in total. The van der Waals surface area contributed by atoms with Gasteiger partial charge in [0.15, 0.2) is 17.2 Å². The fourth-order valence-electron chi connectivity index (χ4n) is 14.6. The summed E-state index contributed by atoms with van der Waals surface area (Å²) >= 11 is 7.38. The van der Waals surface area contributed by atoms with Gasteiger partial charge in [-0.05, 0) is 302 Å². The molecule has 0 saturated heterocycles. The molecule has 1 aliphatic carbocycles. The number of allylic oxidation sites excluding steroid dienone is 2. The first-order valence-electron chi connectivity index (χ1n) is 46.0. The second-order valence-electron chi connectivity index (χ2n) is 35.1. The monoisotopic (exact) mass is 1850 g/mol. The first-order valence-corrected chi connectivity index (χ1v) is 49.3. The number of methoxy groups -OCH3 is 3. The van der Waals surface area contributed by atoms with E-state index in [2.05, 4.69) is 327 Å². The van der Waals surface area contributed by atoms with Crippen LogP contribution in [0.4, 0.5) is 5.69 Å². The van der Waals surface area contributed by atoms with Gasteiger partial charge >= 0.3 is 0 Å². The number of aryl methyl sites for hydroxylation is 17. The molecule has 12 nitrogen and oxygen atoms in total. The Balaban J connectivity index is 0.000000221. The van der Waals surface area contributed by atoms with Gasteiger partial charge in [-0.2, -0.15) is 5.26 Å². The molecular weight excluding hydrogens is 1710 g/mol. The van der Waals surface area contributed by atoms with Gasteiger partial charge in [0.25, 0.3) is 0 Å². The van der Waals surface area contributed by atoms with Crippen molar-refractivity contribution in [3.05, 3.63) is 310 Å². The number of benzene rings is 8. The van der Waals surface area contributed by atoms with Crippen molar-refractivity contribution in [2.75, 3.05) is 66.7 Å². The predicted octanol–water partition coefficient (Wildman–Crippen LogP) is 33.2. The van der Waals surface area contributed by atoms with Gasteiger partial charge in [-0.15, -0.1) is 45.3 Å². The first kappa shape index (κ1) is 108. The van der Waals surface area contributed by atoms with Crippen LogP contribution in [0, 0.1) is 167 Å². The van der Waals surface area contributed by atoms with E-state index < -0.39 is 0 Å². The maximum Gasteiger partial charge on any atom is 0.198 e. The molecule has 5 aromatic heterocycles. The van der Waals surface area contributed by atoms with Crippen molar-refractivity contribution >= 4 is 79.2 Å². The Hall–Kier alpha value is -11.2. The highest BCUT2D eigenvalue weighted by Crippen LogP contribution is 2.51. The summed E-state index contributed by atoms with van der Waals surface area (Å²) in [5.41, 5.74) is 25.8. The molecule has 8 aromatic carbocycles. The molecule has 13 aromatic rings. The van der Waals surface area contributed by atoms with Crippen molar-refractivity contribution in [2.45, 2.75) is 219 Å². The molecule has 0 bridgehead atoms. The van der Waals surface area contributed by atoms with Crippen LogP contribution in [0.25, 0.3) is 55.2 Å². The van der Waals surface area contributed by atoms with E-state index in [1.165, 1.54) is 134 Å². The second kappa shape index (κ2) is 52.3. The molecule has 15 rings (SSSR count). The molecule has 3 unspecified atom stereocenters. The van der Waals surface area contributed by atoms with Gasteiger partial charge in [0.1, 0.15) is 47.7 Å². The number of aromatic nitrogens is 1. The standard InChI is InChI=1S/C32H40N2O4.C29H34O2.C10H10S.C8H11N.C8H10O2S.C8H12S.C8H10.C7H10S.C6H9N/c1-10-21(4)19-37-30-13-23(6)29(35-8)15-25(30)14-28(34-7)27-17-32(38-20-22(5)11-2)26(16-31(27)36-9)24(12-3)18-33;1-8-18(2)17-31-27-16-24(28(30-7)14-20(27)4)21-10-12-23-22-11-9-19(3)13-25(22)29(5,6)26(23)15-21;1-7-9-5-3-4-6-10(9)8(2)11-7;1-7-3-5-8(9-2)6-4-7;1-5-7-8(6(2)11-5)10-4-3-9-7;1-5-6(2)8(4)9-7(5)3;1-7-3-5-8(2)6-4-7;1-5-4-6(2)8-7(5)3;1-5-3-4-6(2)7-5/h12-17,21-22H,10-11,19-20H2,1-6,8-9H3;9-16,18H,8,17H2,1-7H3;3-6H,1-2H3;3-6,9H,1-2H3;3-4H2,1-2H3;1-4H3;3-6H,1-2H3;4H,1-3H3;3-4,7H,1-2H3/b24-12+,28-14-;;;;;;;;. The van der Waals surface area contributed by atoms with Crippen molar-refractivity contribution in [2.24, 2.45) is 17.8 Å². The van der Waals surface area contributed by atoms with Crippen LogP contribution in [0.2, 0.25) is 0 Å². The van der Waals surface area contributed by atoms with Crippen molar-refractivity contribution < 1.29 is 37.9 Å². The van der Waals surface area contributed by atoms with Gasteiger partial charge in [0.2, 0.25) is 0 Å². The number of nitrogens with zero attached hydrogens (tertiary/aromatic N) is 2. The summed E-state index contributed by atoms with van der Waals surface area (Å²) in [4.78, 5) is 18.1. The molecule has 0 spiro atoms. The van der Waals surface area contributed by atoms with Crippen molar-refractivity contribution in [1.82, 2.24) is 4.98 Å². The van der Waals surface area contributed by atoms with E-state index in [-0.39, 0.29) is 5.41 Å². The van der Waals surface area contributed by atoms with E-state index in [0.29, 0.717) is 89.6 Å². The van der Waals surface area contributed by atoms with Gasteiger partial charge in [0.05, 0.1) is 59.4 Å². The quantitative estimate of drug-likeness (QED) is 0.0432. The second-order valence-corrected chi connectivity index (χ2v) is 40.8. The third kappa shape index (κ3) is 30.4. The molecule has 702 valence electrons. The minimum Gasteiger partial charge on any atom is -0.497 e. The number of nitrogens with one attached hydrogen (secondary N) is 2. The number of hydrogen-bond acceptors (Lipinski definition) is 14. The predicted molar refractivity (Wildman–Crippen MR) is 570 cm³/mol. The minimum absolute atomic E-state index is 0.0273. The lowest BCUT2D eigenvalue weighted by atomic mass is 9.81. The molecule has 0 saturated carbocycles. The number of rotatable bonds is 20. The Bertz CT molecular complexity index is 5910. The number of nitriles is 1. The number of fused-ring (bicyclic) bond motifs is 5. The maximum absolute atomic E-state index is 9.72. The van der Waals surface area contributed by atoms with E-state index in [1.54, 1.807) is 57.0 Å². The molecule has 2 aliphatic rings. The van der Waals surface area contributed by atoms with Gasteiger partial charge in [-0.25, -0.2) is 4.85 Å². The van der Waals surface area contributed by atoms with Gasteiger partial charge < -0.3 is 48.2 Å². The minimum atomic E-state index is -0.0273. The van der Waals surface area contributed by atoms with E-state index in [1.807, 2.05) is 80.9 Å². The van der Waals surface area contributed by atoms with E-state index in [0.717, 1.165) is 71.1 Å². The van der Waals surface area contributed by atoms with E-state index in [4.69, 9.17) is 44.5 Å². The zero-order valence-corrected chi connectivity index (χ0v) is 88.2. The zero-order valence-electron chi connectivity index (χ0n) is 84.9. The smallest absolute Gasteiger partial charge is 0.198 e. The third-order valence-electron chi connectivity index (χ3n) is 24.0. The summed E-state index contributed by atoms with van der Waals surface area (Å²) in [5.74, 6) is 7.43. The van der Waals surface area contributed by atoms with Gasteiger partial charge in [-0.1, -0.05) is 194 Å². The van der Waals surface area contributed by atoms with Crippen LogP contribution < -0.4 is 43.2 Å². The normalized spacial score (nSPS) is 12.4. The fourth-order valence-corrected chi connectivity index (χ4v) is 18.6. The number of ether oxygens (including phenoxy) is 8. The summed E-state index contributed by atoms with van der Waals surface area (Å²) in [6.07, 6.45) is 6.62. The lowest BCUT2D eigenvalue weighted by molar-refractivity contribution is 0.171. The lowest BCUT2D eigenvalue weighted by Gasteiger charge is -2.23. The summed E-state index contributed by atoms with van der Waals surface area (Å²) in [6.45, 7) is 70.9. The highest BCUT2D eigenvalue weighted by atomic mass is 32.1.